The van der Waals surface area contributed by atoms with E-state index in [1.807, 2.05) is 11.0 Å². The molecule has 2 aliphatic rings. The highest BCUT2D eigenvalue weighted by Crippen LogP contribution is 2.27. The van der Waals surface area contributed by atoms with Gasteiger partial charge in [-0.1, -0.05) is 42.4 Å². The maximum atomic E-state index is 12.7. The predicted octanol–water partition coefficient (Wildman–Crippen LogP) is 3.97. The van der Waals surface area contributed by atoms with Gasteiger partial charge < -0.3 is 14.3 Å². The van der Waals surface area contributed by atoms with Gasteiger partial charge in [-0.3, -0.25) is 4.79 Å². The summed E-state index contributed by atoms with van der Waals surface area (Å²) in [4.78, 5) is 17.1. The van der Waals surface area contributed by atoms with Crippen molar-refractivity contribution in [2.45, 2.75) is 44.9 Å². The third-order valence-corrected chi connectivity index (χ3v) is 6.29. The third kappa shape index (κ3) is 4.64. The Hall–Kier alpha value is -2.14. The molecule has 1 amide bonds. The lowest BCUT2D eigenvalue weighted by molar-refractivity contribution is 0.0655. The van der Waals surface area contributed by atoms with Crippen LogP contribution >= 0.6 is 0 Å². The second-order valence-electron chi connectivity index (χ2n) is 8.47. The monoisotopic (exact) mass is 381 g/mol. The number of nitrogens with zero attached hydrogens (tertiary/aromatic N) is 3. The second kappa shape index (κ2) is 8.91. The molecule has 0 radical (unpaired) electrons. The summed E-state index contributed by atoms with van der Waals surface area (Å²) in [6.07, 6.45) is 5.50. The Morgan fingerprint density at radius 2 is 1.93 bits per heavy atom. The molecule has 2 saturated heterocycles. The van der Waals surface area contributed by atoms with Gasteiger partial charge in [0, 0.05) is 38.2 Å². The topological polar surface area (TPSA) is 49.6 Å². The average Bonchev–Trinajstić information content (AvgIpc) is 3.24. The van der Waals surface area contributed by atoms with Crippen molar-refractivity contribution in [1.29, 1.82) is 0 Å². The van der Waals surface area contributed by atoms with Gasteiger partial charge in [0.2, 0.25) is 5.76 Å². The van der Waals surface area contributed by atoms with Gasteiger partial charge in [-0.05, 0) is 50.1 Å². The smallest absolute Gasteiger partial charge is 0.292 e. The van der Waals surface area contributed by atoms with E-state index in [4.69, 9.17) is 4.52 Å². The first-order valence-corrected chi connectivity index (χ1v) is 10.7. The van der Waals surface area contributed by atoms with Crippen LogP contribution < -0.4 is 0 Å². The summed E-state index contributed by atoms with van der Waals surface area (Å²) in [6, 6.07) is 12.5. The molecular formula is C23H31N3O2. The molecule has 1 atom stereocenters. The van der Waals surface area contributed by atoms with Crippen LogP contribution in [0.5, 0.6) is 0 Å². The summed E-state index contributed by atoms with van der Waals surface area (Å²) in [5.41, 5.74) is 2.33. The highest BCUT2D eigenvalue weighted by Gasteiger charge is 2.28. The summed E-state index contributed by atoms with van der Waals surface area (Å²) in [5.74, 6) is 1.48. The predicted molar refractivity (Wildman–Crippen MR) is 109 cm³/mol. The van der Waals surface area contributed by atoms with Crippen molar-refractivity contribution in [3.63, 3.8) is 0 Å². The zero-order valence-corrected chi connectivity index (χ0v) is 16.8. The highest BCUT2D eigenvalue weighted by atomic mass is 16.5. The van der Waals surface area contributed by atoms with Crippen LogP contribution in [-0.4, -0.2) is 53.6 Å². The Kier molecular flexibility index (Phi) is 6.10. The van der Waals surface area contributed by atoms with Crippen molar-refractivity contribution >= 4 is 5.91 Å². The molecule has 0 spiro atoms. The fraction of sp³-hybridized carbons (Fsp3) is 0.565. The first-order chi connectivity index (χ1) is 13.7. The van der Waals surface area contributed by atoms with Crippen molar-refractivity contribution in [2.75, 3.05) is 32.7 Å². The van der Waals surface area contributed by atoms with E-state index < -0.39 is 0 Å². The molecule has 0 aliphatic carbocycles. The molecule has 2 aliphatic heterocycles. The fourth-order valence-electron chi connectivity index (χ4n) is 4.38. The van der Waals surface area contributed by atoms with Crippen LogP contribution in [0, 0.1) is 5.92 Å². The number of piperidine rings is 2. The molecule has 0 bridgehead atoms. The zero-order chi connectivity index (χ0) is 19.3. The number of rotatable bonds is 5. The SMILES string of the molecule is CC1CCN(C(=O)c2cc([C@@H]3CCCN(CCc4ccccc4)C3)no2)CC1. The molecule has 1 aromatic heterocycles. The van der Waals surface area contributed by atoms with Crippen molar-refractivity contribution in [2.24, 2.45) is 5.92 Å². The number of hydrogen-bond acceptors (Lipinski definition) is 4. The van der Waals surface area contributed by atoms with Gasteiger partial charge in [-0.25, -0.2) is 0 Å². The van der Waals surface area contributed by atoms with Crippen LogP contribution in [0.3, 0.4) is 0 Å². The van der Waals surface area contributed by atoms with E-state index in [0.29, 0.717) is 17.6 Å². The van der Waals surface area contributed by atoms with E-state index in [1.165, 1.54) is 12.0 Å². The van der Waals surface area contributed by atoms with Crippen molar-refractivity contribution in [1.82, 2.24) is 15.0 Å². The third-order valence-electron chi connectivity index (χ3n) is 6.29. The molecule has 2 aromatic rings. The minimum Gasteiger partial charge on any atom is -0.351 e. The molecule has 3 heterocycles. The van der Waals surface area contributed by atoms with Crippen LogP contribution in [0.15, 0.2) is 40.9 Å². The maximum absolute atomic E-state index is 12.7. The highest BCUT2D eigenvalue weighted by molar-refractivity contribution is 5.91. The quantitative estimate of drug-likeness (QED) is 0.786. The molecule has 150 valence electrons. The molecule has 5 heteroatoms. The van der Waals surface area contributed by atoms with Gasteiger partial charge in [-0.2, -0.15) is 0 Å². The lowest BCUT2D eigenvalue weighted by atomic mass is 9.94. The fourth-order valence-corrected chi connectivity index (χ4v) is 4.38. The molecule has 5 nitrogen and oxygen atoms in total. The Morgan fingerprint density at radius 1 is 1.14 bits per heavy atom. The number of aromatic nitrogens is 1. The molecule has 4 rings (SSSR count). The molecule has 2 fully saturated rings. The van der Waals surface area contributed by atoms with E-state index in [9.17, 15) is 4.79 Å². The van der Waals surface area contributed by atoms with E-state index in [-0.39, 0.29) is 5.91 Å². The summed E-state index contributed by atoms with van der Waals surface area (Å²) < 4.78 is 5.46. The van der Waals surface area contributed by atoms with Crippen LogP contribution in [0.2, 0.25) is 0 Å². The van der Waals surface area contributed by atoms with Crippen LogP contribution in [0.4, 0.5) is 0 Å². The first kappa shape index (κ1) is 19.2. The first-order valence-electron chi connectivity index (χ1n) is 10.7. The van der Waals surface area contributed by atoms with Crippen molar-refractivity contribution < 1.29 is 9.32 Å². The summed E-state index contributed by atoms with van der Waals surface area (Å²) in [6.45, 7) is 7.10. The van der Waals surface area contributed by atoms with Gasteiger partial charge in [0.1, 0.15) is 0 Å². The van der Waals surface area contributed by atoms with Crippen LogP contribution in [0.25, 0.3) is 0 Å². The number of hydrogen-bond donors (Lipinski definition) is 0. The number of carbonyl (C=O) groups is 1. The van der Waals surface area contributed by atoms with Gasteiger partial charge in [0.15, 0.2) is 0 Å². The summed E-state index contributed by atoms with van der Waals surface area (Å²) in [5, 5.41) is 4.27. The molecular weight excluding hydrogens is 350 g/mol. The average molecular weight is 382 g/mol. The van der Waals surface area contributed by atoms with E-state index in [0.717, 1.165) is 64.1 Å². The standard InChI is InChI=1S/C23H31N3O2/c1-18-9-14-26(15-10-18)23(27)22-16-21(24-28-22)20-8-5-12-25(17-20)13-11-19-6-3-2-4-7-19/h2-4,6-7,16,18,20H,5,8-15,17H2,1H3/t20-/m1/s1. The maximum Gasteiger partial charge on any atom is 0.292 e. The Morgan fingerprint density at radius 3 is 2.71 bits per heavy atom. The molecule has 1 aromatic carbocycles. The minimum absolute atomic E-state index is 0.00222. The van der Waals surface area contributed by atoms with E-state index in [1.54, 1.807) is 0 Å². The van der Waals surface area contributed by atoms with Gasteiger partial charge >= 0.3 is 0 Å². The van der Waals surface area contributed by atoms with Crippen molar-refractivity contribution in [3.8, 4) is 0 Å². The minimum atomic E-state index is 0.00222. The Balaban J connectivity index is 1.33. The number of likely N-dealkylation sites (tertiary alicyclic amines) is 2. The van der Waals surface area contributed by atoms with Crippen LogP contribution in [-0.2, 0) is 6.42 Å². The summed E-state index contributed by atoms with van der Waals surface area (Å²) in [7, 11) is 0. The summed E-state index contributed by atoms with van der Waals surface area (Å²) >= 11 is 0. The lowest BCUT2D eigenvalue weighted by Gasteiger charge is -2.31. The molecule has 0 N–H and O–H groups in total. The van der Waals surface area contributed by atoms with Crippen LogP contribution in [0.1, 0.15) is 60.3 Å². The Labute approximate surface area is 167 Å². The van der Waals surface area contributed by atoms with Crippen molar-refractivity contribution in [3.05, 3.63) is 53.4 Å². The largest absolute Gasteiger partial charge is 0.351 e. The van der Waals surface area contributed by atoms with Gasteiger partial charge in [0.05, 0.1) is 5.69 Å². The molecule has 28 heavy (non-hydrogen) atoms. The number of benzene rings is 1. The van der Waals surface area contributed by atoms with Gasteiger partial charge in [-0.15, -0.1) is 0 Å². The molecule has 0 unspecified atom stereocenters. The second-order valence-corrected chi connectivity index (χ2v) is 8.47. The number of amides is 1. The normalized spacial score (nSPS) is 21.8. The van der Waals surface area contributed by atoms with E-state index in [2.05, 4.69) is 47.3 Å². The number of carbonyl (C=O) groups excluding carboxylic acids is 1. The zero-order valence-electron chi connectivity index (χ0n) is 16.8. The van der Waals surface area contributed by atoms with E-state index >= 15 is 0 Å². The van der Waals surface area contributed by atoms with Gasteiger partial charge in [0.25, 0.3) is 5.91 Å². The Bertz CT molecular complexity index is 765. The lowest BCUT2D eigenvalue weighted by Crippen LogP contribution is -2.37. The molecule has 0 saturated carbocycles.